The Kier molecular flexibility index (Phi) is 4.87. The van der Waals surface area contributed by atoms with Gasteiger partial charge in [0.2, 0.25) is 11.8 Å². The van der Waals surface area contributed by atoms with Crippen molar-refractivity contribution in [3.8, 4) is 0 Å². The molecule has 8 heteroatoms. The van der Waals surface area contributed by atoms with Crippen molar-refractivity contribution >= 4 is 23.5 Å². The summed E-state index contributed by atoms with van der Waals surface area (Å²) in [5.41, 5.74) is 0.215. The molecule has 25 heavy (non-hydrogen) atoms. The lowest BCUT2D eigenvalue weighted by Crippen LogP contribution is -2.49. The average Bonchev–Trinajstić information content (AvgIpc) is 3.23. The summed E-state index contributed by atoms with van der Waals surface area (Å²) in [4.78, 5) is 41.2. The summed E-state index contributed by atoms with van der Waals surface area (Å²) < 4.78 is 13.9. The third kappa shape index (κ3) is 3.29. The van der Waals surface area contributed by atoms with Crippen molar-refractivity contribution in [3.63, 3.8) is 0 Å². The standard InChI is InChI=1S/C17H21FN4O3/c1-19-16(24)14-7-4-8-21(14)15(23)11-20-9-10-22(17(20)25)13-6-3-2-5-12(13)18/h2-3,5-6,14H,4,7-11H2,1H3,(H,19,24). The van der Waals surface area contributed by atoms with Gasteiger partial charge in [0.1, 0.15) is 18.4 Å². The zero-order valence-corrected chi connectivity index (χ0v) is 14.1. The molecule has 0 spiro atoms. The molecule has 1 atom stereocenters. The number of benzene rings is 1. The van der Waals surface area contributed by atoms with Gasteiger partial charge in [-0.3, -0.25) is 14.5 Å². The highest BCUT2D eigenvalue weighted by Crippen LogP contribution is 2.24. The lowest BCUT2D eigenvalue weighted by Gasteiger charge is -2.26. The molecule has 7 nitrogen and oxygen atoms in total. The minimum Gasteiger partial charge on any atom is -0.357 e. The van der Waals surface area contributed by atoms with Crippen LogP contribution in [0.15, 0.2) is 24.3 Å². The number of rotatable bonds is 4. The maximum atomic E-state index is 13.9. The van der Waals surface area contributed by atoms with E-state index in [0.29, 0.717) is 26.1 Å². The van der Waals surface area contributed by atoms with E-state index in [0.717, 1.165) is 6.42 Å². The Morgan fingerprint density at radius 1 is 1.24 bits per heavy atom. The Balaban J connectivity index is 1.66. The number of hydrogen-bond donors (Lipinski definition) is 1. The molecule has 2 saturated heterocycles. The van der Waals surface area contributed by atoms with Gasteiger partial charge in [0, 0.05) is 26.7 Å². The van der Waals surface area contributed by atoms with Crippen LogP contribution in [0, 0.1) is 5.82 Å². The molecule has 4 amide bonds. The zero-order valence-electron chi connectivity index (χ0n) is 14.1. The first-order valence-electron chi connectivity index (χ1n) is 8.35. The predicted octanol–water partition coefficient (Wildman–Crippen LogP) is 0.805. The number of nitrogens with one attached hydrogen (secondary N) is 1. The van der Waals surface area contributed by atoms with Crippen molar-refractivity contribution in [2.75, 3.05) is 38.1 Å². The highest BCUT2D eigenvalue weighted by molar-refractivity contribution is 5.97. The molecule has 2 aliphatic rings. The van der Waals surface area contributed by atoms with Gasteiger partial charge in [0.25, 0.3) is 0 Å². The minimum atomic E-state index is -0.474. The van der Waals surface area contributed by atoms with E-state index >= 15 is 0 Å². The average molecular weight is 348 g/mol. The molecule has 2 heterocycles. The molecule has 134 valence electrons. The van der Waals surface area contributed by atoms with E-state index in [1.54, 1.807) is 25.2 Å². The van der Waals surface area contributed by atoms with Crippen molar-refractivity contribution in [1.82, 2.24) is 15.1 Å². The van der Waals surface area contributed by atoms with Crippen LogP contribution in [0.3, 0.4) is 0 Å². The number of carbonyl (C=O) groups is 3. The number of likely N-dealkylation sites (tertiary alicyclic amines) is 1. The second-order valence-corrected chi connectivity index (χ2v) is 6.17. The fraction of sp³-hybridized carbons (Fsp3) is 0.471. The van der Waals surface area contributed by atoms with Crippen molar-refractivity contribution in [3.05, 3.63) is 30.1 Å². The van der Waals surface area contributed by atoms with Gasteiger partial charge in [-0.2, -0.15) is 0 Å². The molecule has 0 aliphatic carbocycles. The molecular formula is C17H21FN4O3. The maximum absolute atomic E-state index is 13.9. The Labute approximate surface area is 145 Å². The van der Waals surface area contributed by atoms with Crippen LogP contribution in [-0.2, 0) is 9.59 Å². The molecule has 1 unspecified atom stereocenters. The van der Waals surface area contributed by atoms with Gasteiger partial charge in [0.05, 0.1) is 5.69 Å². The Morgan fingerprint density at radius 3 is 2.72 bits per heavy atom. The van der Waals surface area contributed by atoms with Crippen LogP contribution < -0.4 is 10.2 Å². The molecule has 1 aromatic carbocycles. The van der Waals surface area contributed by atoms with Crippen LogP contribution in [0.5, 0.6) is 0 Å². The fourth-order valence-corrected chi connectivity index (χ4v) is 3.38. The maximum Gasteiger partial charge on any atom is 0.325 e. The van der Waals surface area contributed by atoms with Gasteiger partial charge in [-0.15, -0.1) is 0 Å². The molecule has 2 fully saturated rings. The quantitative estimate of drug-likeness (QED) is 0.875. The minimum absolute atomic E-state index is 0.0999. The summed E-state index contributed by atoms with van der Waals surface area (Å²) in [6, 6.07) is 5.20. The lowest BCUT2D eigenvalue weighted by molar-refractivity contribution is -0.138. The van der Waals surface area contributed by atoms with Crippen molar-refractivity contribution in [1.29, 1.82) is 0 Å². The van der Waals surface area contributed by atoms with Crippen LogP contribution in [0.4, 0.5) is 14.9 Å². The number of anilines is 1. The summed E-state index contributed by atoms with van der Waals surface area (Å²) in [6.07, 6.45) is 1.39. The molecule has 0 aromatic heterocycles. The van der Waals surface area contributed by atoms with Gasteiger partial charge < -0.3 is 15.1 Å². The lowest BCUT2D eigenvalue weighted by atomic mass is 10.2. The predicted molar refractivity (Wildman–Crippen MR) is 89.5 cm³/mol. The van der Waals surface area contributed by atoms with E-state index in [2.05, 4.69) is 5.32 Å². The first-order valence-corrected chi connectivity index (χ1v) is 8.35. The van der Waals surface area contributed by atoms with E-state index < -0.39 is 17.9 Å². The number of halogens is 1. The Morgan fingerprint density at radius 2 is 2.00 bits per heavy atom. The number of hydrogen-bond acceptors (Lipinski definition) is 3. The number of amides is 4. The van der Waals surface area contributed by atoms with Crippen LogP contribution >= 0.6 is 0 Å². The summed E-state index contributed by atoms with van der Waals surface area (Å²) >= 11 is 0. The van der Waals surface area contributed by atoms with Gasteiger partial charge in [-0.25, -0.2) is 9.18 Å². The SMILES string of the molecule is CNC(=O)C1CCCN1C(=O)CN1CCN(c2ccccc2F)C1=O. The normalized spacial score (nSPS) is 20.3. The highest BCUT2D eigenvalue weighted by atomic mass is 19.1. The van der Waals surface area contributed by atoms with Crippen LogP contribution in [0.25, 0.3) is 0 Å². The van der Waals surface area contributed by atoms with Gasteiger partial charge in [0.15, 0.2) is 0 Å². The zero-order chi connectivity index (χ0) is 18.0. The number of urea groups is 1. The second kappa shape index (κ2) is 7.08. The van der Waals surface area contributed by atoms with E-state index in [1.165, 1.54) is 20.8 Å². The van der Waals surface area contributed by atoms with E-state index in [1.807, 2.05) is 0 Å². The molecule has 3 rings (SSSR count). The van der Waals surface area contributed by atoms with Crippen molar-refractivity contribution in [2.45, 2.75) is 18.9 Å². The molecule has 0 bridgehead atoms. The molecule has 1 aromatic rings. The smallest absolute Gasteiger partial charge is 0.325 e. The molecule has 0 saturated carbocycles. The monoisotopic (exact) mass is 348 g/mol. The molecule has 1 N–H and O–H groups in total. The van der Waals surface area contributed by atoms with E-state index in [9.17, 15) is 18.8 Å². The third-order valence-electron chi connectivity index (χ3n) is 4.69. The van der Waals surface area contributed by atoms with E-state index in [4.69, 9.17) is 0 Å². The largest absolute Gasteiger partial charge is 0.357 e. The van der Waals surface area contributed by atoms with Gasteiger partial charge in [-0.1, -0.05) is 12.1 Å². The number of likely N-dealkylation sites (N-methyl/N-ethyl adjacent to an activating group) is 1. The number of para-hydroxylation sites is 1. The first-order chi connectivity index (χ1) is 12.0. The van der Waals surface area contributed by atoms with E-state index in [-0.39, 0.29) is 24.0 Å². The molecule has 2 aliphatic heterocycles. The number of nitrogens with zero attached hydrogens (tertiary/aromatic N) is 3. The summed E-state index contributed by atoms with van der Waals surface area (Å²) in [7, 11) is 1.54. The van der Waals surface area contributed by atoms with Crippen LogP contribution in [-0.4, -0.2) is 66.9 Å². The second-order valence-electron chi connectivity index (χ2n) is 6.17. The number of carbonyl (C=O) groups excluding carboxylic acids is 3. The van der Waals surface area contributed by atoms with Crippen molar-refractivity contribution in [2.24, 2.45) is 0 Å². The highest BCUT2D eigenvalue weighted by Gasteiger charge is 2.37. The molecule has 0 radical (unpaired) electrons. The Bertz CT molecular complexity index is 696. The Hall–Kier alpha value is -2.64. The topological polar surface area (TPSA) is 73.0 Å². The summed E-state index contributed by atoms with van der Waals surface area (Å²) in [5, 5.41) is 2.57. The third-order valence-corrected chi connectivity index (χ3v) is 4.69. The van der Waals surface area contributed by atoms with Crippen molar-refractivity contribution < 1.29 is 18.8 Å². The van der Waals surface area contributed by atoms with Gasteiger partial charge in [-0.05, 0) is 25.0 Å². The summed E-state index contributed by atoms with van der Waals surface area (Å²) in [5.74, 6) is -0.912. The molecular weight excluding hydrogens is 327 g/mol. The van der Waals surface area contributed by atoms with Gasteiger partial charge >= 0.3 is 6.03 Å². The van der Waals surface area contributed by atoms with Crippen LogP contribution in [0.2, 0.25) is 0 Å². The summed E-state index contributed by atoms with van der Waals surface area (Å²) in [6.45, 7) is 1.08. The fourth-order valence-electron chi connectivity index (χ4n) is 3.38. The first kappa shape index (κ1) is 17.2. The van der Waals surface area contributed by atoms with Crippen LogP contribution in [0.1, 0.15) is 12.8 Å².